The summed E-state index contributed by atoms with van der Waals surface area (Å²) >= 11 is 1.32. The van der Waals surface area contributed by atoms with Crippen LogP contribution in [0.1, 0.15) is 31.5 Å². The normalized spacial score (nSPS) is 13.1. The number of thiazole rings is 1. The lowest BCUT2D eigenvalue weighted by molar-refractivity contribution is -0.176. The number of nitrogens with zero attached hydrogens (tertiary/aromatic N) is 1. The topological polar surface area (TPSA) is 22.1 Å². The fourth-order valence-corrected chi connectivity index (χ4v) is 1.93. The zero-order valence-electron chi connectivity index (χ0n) is 9.39. The molecule has 1 aromatic heterocycles. The lowest BCUT2D eigenvalue weighted by Gasteiger charge is -2.14. The van der Waals surface area contributed by atoms with Crippen molar-refractivity contribution in [3.63, 3.8) is 0 Å². The molecule has 0 bridgehead atoms. The van der Waals surface area contributed by atoms with Gasteiger partial charge in [0, 0.05) is 10.8 Å². The van der Waals surface area contributed by atoms with E-state index < -0.39 is 12.8 Å². The molecule has 2 nitrogen and oxygen atoms in total. The molecule has 0 aliphatic carbocycles. The minimum absolute atomic E-state index is 0.0831. The van der Waals surface area contributed by atoms with E-state index in [-0.39, 0.29) is 12.0 Å². The standard InChI is InChI=1S/C10H14F3NOS/c1-9(2,3)7-5-16-8(14-7)4-15-6-10(11,12)13/h5H,4,6H2,1-3H3. The molecule has 0 fully saturated rings. The van der Waals surface area contributed by atoms with Crippen molar-refractivity contribution < 1.29 is 17.9 Å². The van der Waals surface area contributed by atoms with Gasteiger partial charge in [-0.15, -0.1) is 11.3 Å². The van der Waals surface area contributed by atoms with Crippen LogP contribution in [-0.2, 0) is 16.8 Å². The second-order valence-electron chi connectivity index (χ2n) is 4.48. The van der Waals surface area contributed by atoms with E-state index in [9.17, 15) is 13.2 Å². The Morgan fingerprint density at radius 3 is 2.38 bits per heavy atom. The van der Waals surface area contributed by atoms with Gasteiger partial charge in [0.1, 0.15) is 11.6 Å². The number of halogens is 3. The largest absolute Gasteiger partial charge is 0.411 e. The second-order valence-corrected chi connectivity index (χ2v) is 5.43. The Balaban J connectivity index is 2.48. The molecular weight excluding hydrogens is 239 g/mol. The number of hydrogen-bond donors (Lipinski definition) is 0. The Morgan fingerprint density at radius 2 is 1.94 bits per heavy atom. The van der Waals surface area contributed by atoms with Crippen LogP contribution in [0.3, 0.4) is 0 Å². The molecule has 0 N–H and O–H groups in total. The van der Waals surface area contributed by atoms with Gasteiger partial charge >= 0.3 is 6.18 Å². The summed E-state index contributed by atoms with van der Waals surface area (Å²) in [5.74, 6) is 0. The van der Waals surface area contributed by atoms with E-state index >= 15 is 0 Å². The van der Waals surface area contributed by atoms with E-state index in [2.05, 4.69) is 9.72 Å². The summed E-state index contributed by atoms with van der Waals surface area (Å²) in [4.78, 5) is 4.23. The van der Waals surface area contributed by atoms with Crippen molar-refractivity contribution in [2.75, 3.05) is 6.61 Å². The summed E-state index contributed by atoms with van der Waals surface area (Å²) in [7, 11) is 0. The van der Waals surface area contributed by atoms with Gasteiger partial charge in [0.25, 0.3) is 0 Å². The third-order valence-corrected chi connectivity index (χ3v) is 2.63. The molecule has 1 rings (SSSR count). The highest BCUT2D eigenvalue weighted by atomic mass is 32.1. The van der Waals surface area contributed by atoms with Crippen molar-refractivity contribution in [2.45, 2.75) is 39.0 Å². The van der Waals surface area contributed by atoms with E-state index in [1.807, 2.05) is 26.2 Å². The molecular formula is C10H14F3NOS. The van der Waals surface area contributed by atoms with Gasteiger partial charge in [0.05, 0.1) is 12.3 Å². The van der Waals surface area contributed by atoms with Crippen LogP contribution >= 0.6 is 11.3 Å². The lowest BCUT2D eigenvalue weighted by atomic mass is 9.93. The molecule has 0 radical (unpaired) electrons. The predicted molar refractivity (Wildman–Crippen MR) is 56.5 cm³/mol. The molecule has 16 heavy (non-hydrogen) atoms. The molecule has 0 amide bonds. The van der Waals surface area contributed by atoms with Crippen molar-refractivity contribution in [2.24, 2.45) is 0 Å². The highest BCUT2D eigenvalue weighted by molar-refractivity contribution is 7.09. The van der Waals surface area contributed by atoms with Gasteiger partial charge in [-0.2, -0.15) is 13.2 Å². The maximum atomic E-state index is 11.8. The first-order chi connectivity index (χ1) is 7.18. The van der Waals surface area contributed by atoms with Crippen molar-refractivity contribution in [1.29, 1.82) is 0 Å². The molecule has 1 aromatic rings. The summed E-state index contributed by atoms with van der Waals surface area (Å²) in [6, 6.07) is 0. The average molecular weight is 253 g/mol. The van der Waals surface area contributed by atoms with Crippen LogP contribution in [0.5, 0.6) is 0 Å². The van der Waals surface area contributed by atoms with Crippen LogP contribution < -0.4 is 0 Å². The summed E-state index contributed by atoms with van der Waals surface area (Å²) in [6.45, 7) is 4.70. The van der Waals surface area contributed by atoms with Crippen LogP contribution in [0.2, 0.25) is 0 Å². The first kappa shape index (κ1) is 13.4. The molecule has 0 spiro atoms. The van der Waals surface area contributed by atoms with E-state index in [0.717, 1.165) is 5.69 Å². The fraction of sp³-hybridized carbons (Fsp3) is 0.700. The Labute approximate surface area is 96.5 Å². The van der Waals surface area contributed by atoms with E-state index in [4.69, 9.17) is 0 Å². The smallest absolute Gasteiger partial charge is 0.365 e. The van der Waals surface area contributed by atoms with Crippen LogP contribution in [0.4, 0.5) is 13.2 Å². The Bertz CT molecular complexity index is 341. The third-order valence-electron chi connectivity index (χ3n) is 1.81. The molecule has 0 aromatic carbocycles. The molecule has 6 heteroatoms. The number of aromatic nitrogens is 1. The molecule has 0 atom stereocenters. The summed E-state index contributed by atoms with van der Waals surface area (Å²) in [5, 5.41) is 2.43. The maximum Gasteiger partial charge on any atom is 0.411 e. The number of rotatable bonds is 3. The maximum absolute atomic E-state index is 11.8. The lowest BCUT2D eigenvalue weighted by Crippen LogP contribution is -2.17. The van der Waals surface area contributed by atoms with Crippen molar-refractivity contribution in [3.05, 3.63) is 16.1 Å². The first-order valence-corrected chi connectivity index (χ1v) is 5.66. The Hall–Kier alpha value is -0.620. The van der Waals surface area contributed by atoms with Crippen LogP contribution in [-0.4, -0.2) is 17.8 Å². The van der Waals surface area contributed by atoms with E-state index in [0.29, 0.717) is 5.01 Å². The van der Waals surface area contributed by atoms with Crippen molar-refractivity contribution in [1.82, 2.24) is 4.98 Å². The van der Waals surface area contributed by atoms with Gasteiger partial charge in [0.15, 0.2) is 0 Å². The number of alkyl halides is 3. The molecule has 0 aliphatic heterocycles. The van der Waals surface area contributed by atoms with E-state index in [1.165, 1.54) is 11.3 Å². The van der Waals surface area contributed by atoms with Gasteiger partial charge in [0.2, 0.25) is 0 Å². The molecule has 0 aliphatic rings. The highest BCUT2D eigenvalue weighted by Crippen LogP contribution is 2.24. The monoisotopic (exact) mass is 253 g/mol. The van der Waals surface area contributed by atoms with Crippen LogP contribution in [0, 0.1) is 0 Å². The minimum atomic E-state index is -4.27. The average Bonchev–Trinajstić information content (AvgIpc) is 2.49. The fourth-order valence-electron chi connectivity index (χ4n) is 0.976. The molecule has 0 unspecified atom stereocenters. The molecule has 1 heterocycles. The van der Waals surface area contributed by atoms with Gasteiger partial charge in [-0.1, -0.05) is 20.8 Å². The van der Waals surface area contributed by atoms with Gasteiger partial charge < -0.3 is 4.74 Å². The van der Waals surface area contributed by atoms with Gasteiger partial charge in [-0.3, -0.25) is 0 Å². The van der Waals surface area contributed by atoms with E-state index in [1.54, 1.807) is 0 Å². The Morgan fingerprint density at radius 1 is 1.31 bits per heavy atom. The first-order valence-electron chi connectivity index (χ1n) is 4.78. The summed E-state index contributed by atoms with van der Waals surface area (Å²) in [6.07, 6.45) is -4.27. The molecule has 0 saturated carbocycles. The SMILES string of the molecule is CC(C)(C)c1csc(COCC(F)(F)F)n1. The number of hydrogen-bond acceptors (Lipinski definition) is 3. The zero-order chi connectivity index (χ0) is 12.4. The Kier molecular flexibility index (Phi) is 3.96. The summed E-state index contributed by atoms with van der Waals surface area (Å²) in [5.41, 5.74) is 0.793. The second kappa shape index (κ2) is 4.71. The van der Waals surface area contributed by atoms with Crippen LogP contribution in [0.15, 0.2) is 5.38 Å². The van der Waals surface area contributed by atoms with Gasteiger partial charge in [-0.05, 0) is 0 Å². The van der Waals surface area contributed by atoms with Gasteiger partial charge in [-0.25, -0.2) is 4.98 Å². The molecule has 92 valence electrons. The van der Waals surface area contributed by atoms with Crippen molar-refractivity contribution >= 4 is 11.3 Å². The summed E-state index contributed by atoms with van der Waals surface area (Å²) < 4.78 is 40.0. The number of ether oxygens (including phenoxy) is 1. The third kappa shape index (κ3) is 4.49. The quantitative estimate of drug-likeness (QED) is 0.822. The highest BCUT2D eigenvalue weighted by Gasteiger charge is 2.27. The van der Waals surface area contributed by atoms with Crippen LogP contribution in [0.25, 0.3) is 0 Å². The van der Waals surface area contributed by atoms with Crippen molar-refractivity contribution in [3.8, 4) is 0 Å². The zero-order valence-corrected chi connectivity index (χ0v) is 10.2. The minimum Gasteiger partial charge on any atom is -0.365 e. The molecule has 0 saturated heterocycles. The predicted octanol–water partition coefficient (Wildman–Crippen LogP) is 3.52.